The van der Waals surface area contributed by atoms with Crippen LogP contribution in [0.5, 0.6) is 0 Å². The third-order valence-electron chi connectivity index (χ3n) is 1.47. The highest BCUT2D eigenvalue weighted by Gasteiger charge is 2.12. The van der Waals surface area contributed by atoms with Crippen LogP contribution < -0.4 is 5.73 Å². The van der Waals surface area contributed by atoms with Crippen LogP contribution in [-0.4, -0.2) is 16.7 Å². The Hall–Kier alpha value is -0.710. The predicted octanol–water partition coefficient (Wildman–Crippen LogP) is 0.866. The third-order valence-corrected chi connectivity index (χ3v) is 1.74. The van der Waals surface area contributed by atoms with E-state index in [2.05, 4.69) is 4.98 Å². The number of nitrogens with zero attached hydrogens (tertiary/aromatic N) is 1. The van der Waals surface area contributed by atoms with Crippen molar-refractivity contribution < 1.29 is 9.50 Å². The van der Waals surface area contributed by atoms with Crippen LogP contribution in [0.1, 0.15) is 11.6 Å². The Balaban J connectivity index is 3.07. The van der Waals surface area contributed by atoms with E-state index in [1.165, 1.54) is 12.3 Å². The molecule has 0 spiro atoms. The number of pyridine rings is 1. The molecule has 0 bridgehead atoms. The Morgan fingerprint density at radius 1 is 1.75 bits per heavy atom. The number of hydrogen-bond donors (Lipinski definition) is 2. The molecule has 0 aromatic carbocycles. The molecule has 0 unspecified atom stereocenters. The first-order chi connectivity index (χ1) is 5.66. The third kappa shape index (κ3) is 1.72. The molecule has 0 saturated heterocycles. The van der Waals surface area contributed by atoms with Gasteiger partial charge in [0.1, 0.15) is 0 Å². The van der Waals surface area contributed by atoms with E-state index >= 15 is 0 Å². The zero-order valence-corrected chi connectivity index (χ0v) is 6.92. The summed E-state index contributed by atoms with van der Waals surface area (Å²) in [6.07, 6.45) is 1.34. The van der Waals surface area contributed by atoms with Crippen LogP contribution in [0.25, 0.3) is 0 Å². The fourth-order valence-corrected chi connectivity index (χ4v) is 0.982. The molecule has 1 atom stereocenters. The molecule has 0 aliphatic carbocycles. The van der Waals surface area contributed by atoms with Crippen molar-refractivity contribution in [3.05, 3.63) is 28.8 Å². The second-order valence-corrected chi connectivity index (χ2v) is 2.65. The normalized spacial score (nSPS) is 13.0. The van der Waals surface area contributed by atoms with Gasteiger partial charge in [0.15, 0.2) is 11.0 Å². The van der Waals surface area contributed by atoms with E-state index in [0.29, 0.717) is 0 Å². The summed E-state index contributed by atoms with van der Waals surface area (Å²) >= 11 is 5.39. The van der Waals surface area contributed by atoms with E-state index in [1.807, 2.05) is 0 Å². The molecule has 1 aromatic heterocycles. The molecular formula is C7H8ClFN2O. The molecule has 3 nitrogen and oxygen atoms in total. The number of rotatable bonds is 2. The van der Waals surface area contributed by atoms with Gasteiger partial charge in [-0.05, 0) is 6.07 Å². The van der Waals surface area contributed by atoms with E-state index in [9.17, 15) is 4.39 Å². The number of aliphatic hydroxyl groups is 1. The van der Waals surface area contributed by atoms with Crippen molar-refractivity contribution in [3.63, 3.8) is 0 Å². The highest BCUT2D eigenvalue weighted by molar-refractivity contribution is 6.29. The second-order valence-electron chi connectivity index (χ2n) is 2.29. The number of nitrogens with two attached hydrogens (primary N) is 1. The van der Waals surface area contributed by atoms with Gasteiger partial charge in [-0.15, -0.1) is 0 Å². The molecule has 0 aliphatic rings. The van der Waals surface area contributed by atoms with Gasteiger partial charge in [0, 0.05) is 11.8 Å². The van der Waals surface area contributed by atoms with E-state index in [1.54, 1.807) is 0 Å². The maximum atomic E-state index is 13.1. The molecule has 0 aliphatic heterocycles. The number of aliphatic hydroxyl groups excluding tert-OH is 1. The first kappa shape index (κ1) is 9.38. The molecule has 0 radical (unpaired) electrons. The molecule has 0 amide bonds. The average Bonchev–Trinajstić information content (AvgIpc) is 2.08. The van der Waals surface area contributed by atoms with E-state index in [0.717, 1.165) is 0 Å². The Kier molecular flexibility index (Phi) is 2.97. The van der Waals surface area contributed by atoms with Gasteiger partial charge in [-0.3, -0.25) is 0 Å². The Morgan fingerprint density at radius 3 is 3.00 bits per heavy atom. The van der Waals surface area contributed by atoms with Gasteiger partial charge in [0.05, 0.1) is 12.6 Å². The van der Waals surface area contributed by atoms with Crippen molar-refractivity contribution in [2.75, 3.05) is 6.61 Å². The first-order valence-corrected chi connectivity index (χ1v) is 3.71. The number of halogens is 2. The van der Waals surface area contributed by atoms with Gasteiger partial charge >= 0.3 is 0 Å². The van der Waals surface area contributed by atoms with Crippen LogP contribution in [0.15, 0.2) is 12.3 Å². The van der Waals surface area contributed by atoms with Crippen LogP contribution in [-0.2, 0) is 0 Å². The molecule has 66 valence electrons. The average molecular weight is 191 g/mol. The maximum Gasteiger partial charge on any atom is 0.165 e. The summed E-state index contributed by atoms with van der Waals surface area (Å²) in [5.41, 5.74) is 5.57. The van der Waals surface area contributed by atoms with Gasteiger partial charge in [-0.1, -0.05) is 11.6 Å². The molecule has 1 heterocycles. The molecule has 0 fully saturated rings. The van der Waals surface area contributed by atoms with Gasteiger partial charge in [-0.2, -0.15) is 0 Å². The smallest absolute Gasteiger partial charge is 0.165 e. The molecule has 12 heavy (non-hydrogen) atoms. The number of hydrogen-bond acceptors (Lipinski definition) is 3. The summed E-state index contributed by atoms with van der Waals surface area (Å²) in [6, 6.07) is 0.646. The summed E-state index contributed by atoms with van der Waals surface area (Å²) in [5, 5.41) is 8.42. The molecule has 3 N–H and O–H groups in total. The largest absolute Gasteiger partial charge is 0.394 e. The highest BCUT2D eigenvalue weighted by atomic mass is 35.5. The topological polar surface area (TPSA) is 59.1 Å². The van der Waals surface area contributed by atoms with E-state index in [4.69, 9.17) is 22.4 Å². The van der Waals surface area contributed by atoms with Gasteiger partial charge in [-0.25, -0.2) is 9.37 Å². The summed E-state index contributed by atoms with van der Waals surface area (Å²) in [7, 11) is 0. The zero-order chi connectivity index (χ0) is 9.14. The van der Waals surface area contributed by atoms with Crippen molar-refractivity contribution in [1.82, 2.24) is 4.98 Å². The molecule has 0 saturated carbocycles. The first-order valence-electron chi connectivity index (χ1n) is 3.33. The summed E-state index contributed by atoms with van der Waals surface area (Å²) < 4.78 is 13.1. The van der Waals surface area contributed by atoms with Crippen LogP contribution in [0.4, 0.5) is 4.39 Å². The van der Waals surface area contributed by atoms with Gasteiger partial charge in [0.25, 0.3) is 0 Å². The lowest BCUT2D eigenvalue weighted by atomic mass is 10.1. The standard InChI is InChI=1S/C7H8ClFN2O/c8-7-6(9)4(1-2-11-7)5(10)3-12/h1-2,5,12H,3,10H2/t5-/m1/s1. The van der Waals surface area contributed by atoms with Crippen LogP contribution in [0.3, 0.4) is 0 Å². The summed E-state index contributed by atoms with van der Waals surface area (Å²) in [5.74, 6) is -0.666. The SMILES string of the molecule is N[C@H](CO)c1ccnc(Cl)c1F. The lowest BCUT2D eigenvalue weighted by molar-refractivity contribution is 0.265. The monoisotopic (exact) mass is 190 g/mol. The second kappa shape index (κ2) is 3.80. The zero-order valence-electron chi connectivity index (χ0n) is 6.17. The van der Waals surface area contributed by atoms with E-state index in [-0.39, 0.29) is 17.3 Å². The minimum Gasteiger partial charge on any atom is -0.394 e. The van der Waals surface area contributed by atoms with Crippen molar-refractivity contribution in [2.45, 2.75) is 6.04 Å². The Bertz CT molecular complexity index is 282. The number of aromatic nitrogens is 1. The maximum absolute atomic E-state index is 13.1. The minimum atomic E-state index is -0.745. The Labute approximate surface area is 74.0 Å². The van der Waals surface area contributed by atoms with Crippen molar-refractivity contribution in [2.24, 2.45) is 5.73 Å². The summed E-state index contributed by atoms with van der Waals surface area (Å²) in [6.45, 7) is -0.322. The lowest BCUT2D eigenvalue weighted by Gasteiger charge is -2.09. The van der Waals surface area contributed by atoms with Crippen LogP contribution in [0, 0.1) is 5.82 Å². The lowest BCUT2D eigenvalue weighted by Crippen LogP contribution is -2.16. The van der Waals surface area contributed by atoms with Gasteiger partial charge in [0.2, 0.25) is 0 Å². The highest BCUT2D eigenvalue weighted by Crippen LogP contribution is 2.19. The molecule has 1 aromatic rings. The quantitative estimate of drug-likeness (QED) is 0.681. The molecule has 5 heteroatoms. The van der Waals surface area contributed by atoms with Crippen molar-refractivity contribution in [1.29, 1.82) is 0 Å². The van der Waals surface area contributed by atoms with Crippen LogP contribution >= 0.6 is 11.6 Å². The molecule has 1 rings (SSSR count). The fraction of sp³-hybridized carbons (Fsp3) is 0.286. The Morgan fingerprint density at radius 2 is 2.42 bits per heavy atom. The minimum absolute atomic E-state index is 0.178. The van der Waals surface area contributed by atoms with Crippen molar-refractivity contribution >= 4 is 11.6 Å². The van der Waals surface area contributed by atoms with Crippen LogP contribution in [0.2, 0.25) is 5.15 Å². The molecular weight excluding hydrogens is 183 g/mol. The van der Waals surface area contributed by atoms with E-state index < -0.39 is 11.9 Å². The van der Waals surface area contributed by atoms with Crippen molar-refractivity contribution in [3.8, 4) is 0 Å². The predicted molar refractivity (Wildman–Crippen MR) is 43.2 cm³/mol. The fourth-order valence-electron chi connectivity index (χ4n) is 0.817. The summed E-state index contributed by atoms with van der Waals surface area (Å²) in [4.78, 5) is 3.51. The van der Waals surface area contributed by atoms with Gasteiger partial charge < -0.3 is 10.8 Å².